The number of ether oxygens (including phenoxy) is 1. The molecule has 0 saturated carbocycles. The molecule has 1 atom stereocenters. The zero-order valence-electron chi connectivity index (χ0n) is 11.9. The van der Waals surface area contributed by atoms with Crippen molar-refractivity contribution in [2.75, 3.05) is 33.4 Å². The van der Waals surface area contributed by atoms with E-state index in [2.05, 4.69) is 54.4 Å². The predicted molar refractivity (Wildman–Crippen MR) is 76.7 cm³/mol. The Labute approximate surface area is 111 Å². The van der Waals surface area contributed by atoms with Gasteiger partial charge in [-0.15, -0.1) is 0 Å². The summed E-state index contributed by atoms with van der Waals surface area (Å²) in [6, 6.07) is 11.2. The fourth-order valence-electron chi connectivity index (χ4n) is 2.01. The van der Waals surface area contributed by atoms with Crippen LogP contribution < -0.4 is 5.32 Å². The molecule has 1 aromatic carbocycles. The Bertz CT molecular complexity index is 303. The number of hydrogen-bond acceptors (Lipinski definition) is 3. The Morgan fingerprint density at radius 2 is 2.00 bits per heavy atom. The first-order chi connectivity index (χ1) is 8.77. The van der Waals surface area contributed by atoms with Gasteiger partial charge in [-0.25, -0.2) is 0 Å². The molecule has 0 bridgehead atoms. The van der Waals surface area contributed by atoms with Crippen molar-refractivity contribution in [3.63, 3.8) is 0 Å². The van der Waals surface area contributed by atoms with Crippen LogP contribution in [0.1, 0.15) is 19.4 Å². The van der Waals surface area contributed by atoms with Crippen LogP contribution in [0.3, 0.4) is 0 Å². The molecule has 1 rings (SSSR count). The van der Waals surface area contributed by atoms with Crippen molar-refractivity contribution in [3.8, 4) is 0 Å². The van der Waals surface area contributed by atoms with E-state index < -0.39 is 0 Å². The number of nitrogens with zero attached hydrogens (tertiary/aromatic N) is 1. The summed E-state index contributed by atoms with van der Waals surface area (Å²) in [7, 11) is 1.73. The maximum Gasteiger partial charge on any atom is 0.0587 e. The van der Waals surface area contributed by atoms with Crippen molar-refractivity contribution >= 4 is 0 Å². The molecular formula is C15H26N2O. The number of benzene rings is 1. The van der Waals surface area contributed by atoms with Gasteiger partial charge in [-0.2, -0.15) is 0 Å². The molecule has 18 heavy (non-hydrogen) atoms. The minimum Gasteiger partial charge on any atom is -0.383 e. The number of hydrogen-bond donors (Lipinski definition) is 1. The van der Waals surface area contributed by atoms with Crippen molar-refractivity contribution in [2.45, 2.75) is 26.4 Å². The smallest absolute Gasteiger partial charge is 0.0587 e. The molecule has 0 fully saturated rings. The van der Waals surface area contributed by atoms with E-state index in [9.17, 15) is 0 Å². The Balaban J connectivity index is 2.35. The van der Waals surface area contributed by atoms with Gasteiger partial charge in [0.15, 0.2) is 0 Å². The molecule has 0 spiro atoms. The molecule has 0 aliphatic heterocycles. The number of nitrogens with one attached hydrogen (secondary N) is 1. The summed E-state index contributed by atoms with van der Waals surface area (Å²) in [5.74, 6) is 0. The third-order valence-corrected chi connectivity index (χ3v) is 3.18. The van der Waals surface area contributed by atoms with Gasteiger partial charge < -0.3 is 10.1 Å². The first-order valence-electron chi connectivity index (χ1n) is 6.75. The Hall–Kier alpha value is -0.900. The van der Waals surface area contributed by atoms with Crippen LogP contribution in [0.4, 0.5) is 0 Å². The van der Waals surface area contributed by atoms with Crippen LogP contribution >= 0.6 is 0 Å². The lowest BCUT2D eigenvalue weighted by Crippen LogP contribution is -2.40. The summed E-state index contributed by atoms with van der Waals surface area (Å²) < 4.78 is 5.03. The fraction of sp³-hybridized carbons (Fsp3) is 0.600. The van der Waals surface area contributed by atoms with Crippen LogP contribution in [-0.2, 0) is 11.3 Å². The van der Waals surface area contributed by atoms with Gasteiger partial charge in [0.05, 0.1) is 6.61 Å². The molecule has 1 unspecified atom stereocenters. The van der Waals surface area contributed by atoms with E-state index in [4.69, 9.17) is 4.74 Å². The Morgan fingerprint density at radius 3 is 2.61 bits per heavy atom. The largest absolute Gasteiger partial charge is 0.383 e. The van der Waals surface area contributed by atoms with E-state index >= 15 is 0 Å². The summed E-state index contributed by atoms with van der Waals surface area (Å²) in [6.45, 7) is 9.28. The topological polar surface area (TPSA) is 24.5 Å². The first-order valence-corrected chi connectivity index (χ1v) is 6.75. The molecule has 0 amide bonds. The van der Waals surface area contributed by atoms with Gasteiger partial charge in [0, 0.05) is 32.8 Å². The lowest BCUT2D eigenvalue weighted by atomic mass is 10.2. The van der Waals surface area contributed by atoms with E-state index in [1.165, 1.54) is 5.56 Å². The maximum absolute atomic E-state index is 5.03. The van der Waals surface area contributed by atoms with Crippen LogP contribution in [0.15, 0.2) is 30.3 Å². The van der Waals surface area contributed by atoms with Gasteiger partial charge >= 0.3 is 0 Å². The minimum absolute atomic E-state index is 0.534. The first kappa shape index (κ1) is 15.2. The van der Waals surface area contributed by atoms with Crippen molar-refractivity contribution in [1.82, 2.24) is 10.2 Å². The van der Waals surface area contributed by atoms with Crippen LogP contribution in [0.2, 0.25) is 0 Å². The third kappa shape index (κ3) is 5.63. The predicted octanol–water partition coefficient (Wildman–Crippen LogP) is 2.13. The highest BCUT2D eigenvalue weighted by Gasteiger charge is 2.11. The highest BCUT2D eigenvalue weighted by atomic mass is 16.5. The second-order valence-corrected chi connectivity index (χ2v) is 4.59. The van der Waals surface area contributed by atoms with Crippen molar-refractivity contribution in [2.24, 2.45) is 0 Å². The fourth-order valence-corrected chi connectivity index (χ4v) is 2.01. The van der Waals surface area contributed by atoms with E-state index in [1.54, 1.807) is 7.11 Å². The van der Waals surface area contributed by atoms with E-state index in [1.807, 2.05) is 0 Å². The number of rotatable bonds is 9. The lowest BCUT2D eigenvalue weighted by Gasteiger charge is -2.28. The van der Waals surface area contributed by atoms with Crippen molar-refractivity contribution in [1.29, 1.82) is 0 Å². The zero-order chi connectivity index (χ0) is 13.2. The van der Waals surface area contributed by atoms with Crippen LogP contribution in [0.25, 0.3) is 0 Å². The second kappa shape index (κ2) is 9.09. The molecule has 0 aromatic heterocycles. The molecule has 0 radical (unpaired) electrons. The van der Waals surface area contributed by atoms with Gasteiger partial charge in [0.1, 0.15) is 0 Å². The normalized spacial score (nSPS) is 12.9. The summed E-state index contributed by atoms with van der Waals surface area (Å²) in [5.41, 5.74) is 1.38. The number of likely N-dealkylation sites (N-methyl/N-ethyl adjacent to an activating group) is 1. The lowest BCUT2D eigenvalue weighted by molar-refractivity contribution is 0.182. The van der Waals surface area contributed by atoms with Gasteiger partial charge in [-0.05, 0) is 19.0 Å². The summed E-state index contributed by atoms with van der Waals surface area (Å²) in [4.78, 5) is 2.48. The van der Waals surface area contributed by atoms with E-state index in [-0.39, 0.29) is 0 Å². The third-order valence-electron chi connectivity index (χ3n) is 3.18. The van der Waals surface area contributed by atoms with Crippen molar-refractivity contribution < 1.29 is 4.74 Å². The monoisotopic (exact) mass is 250 g/mol. The molecule has 3 nitrogen and oxygen atoms in total. The molecule has 1 aromatic rings. The highest BCUT2D eigenvalue weighted by Crippen LogP contribution is 2.07. The molecular weight excluding hydrogens is 224 g/mol. The number of methoxy groups -OCH3 is 1. The maximum atomic E-state index is 5.03. The average Bonchev–Trinajstić information content (AvgIpc) is 2.42. The van der Waals surface area contributed by atoms with Crippen molar-refractivity contribution in [3.05, 3.63) is 35.9 Å². The van der Waals surface area contributed by atoms with Gasteiger partial charge in [0.25, 0.3) is 0 Å². The Kier molecular flexibility index (Phi) is 7.65. The van der Waals surface area contributed by atoms with Crippen LogP contribution in [0, 0.1) is 0 Å². The average molecular weight is 250 g/mol. The molecule has 0 heterocycles. The Morgan fingerprint density at radius 1 is 1.28 bits per heavy atom. The minimum atomic E-state index is 0.534. The van der Waals surface area contributed by atoms with Crippen LogP contribution in [-0.4, -0.2) is 44.3 Å². The standard InChI is InChI=1S/C15H26N2O/c1-4-17(13-15-8-6-5-7-9-15)14(2)12-16-10-11-18-3/h5-9,14,16H,4,10-13H2,1-3H3. The quantitative estimate of drug-likeness (QED) is 0.680. The molecule has 102 valence electrons. The van der Waals surface area contributed by atoms with Gasteiger partial charge in [-0.1, -0.05) is 37.3 Å². The summed E-state index contributed by atoms with van der Waals surface area (Å²) in [6.07, 6.45) is 0. The van der Waals surface area contributed by atoms with Crippen LogP contribution in [0.5, 0.6) is 0 Å². The van der Waals surface area contributed by atoms with Gasteiger partial charge in [-0.3, -0.25) is 4.90 Å². The molecule has 0 aliphatic carbocycles. The molecule has 0 saturated heterocycles. The van der Waals surface area contributed by atoms with E-state index in [0.29, 0.717) is 6.04 Å². The molecule has 1 N–H and O–H groups in total. The second-order valence-electron chi connectivity index (χ2n) is 4.59. The summed E-state index contributed by atoms with van der Waals surface area (Å²) >= 11 is 0. The van der Waals surface area contributed by atoms with E-state index in [0.717, 1.165) is 32.8 Å². The molecule has 0 aliphatic rings. The highest BCUT2D eigenvalue weighted by molar-refractivity contribution is 5.14. The zero-order valence-corrected chi connectivity index (χ0v) is 11.9. The van der Waals surface area contributed by atoms with Gasteiger partial charge in [0.2, 0.25) is 0 Å². The summed E-state index contributed by atoms with van der Waals surface area (Å²) in [5, 5.41) is 3.42. The molecule has 3 heteroatoms. The SMILES string of the molecule is CCN(Cc1ccccc1)C(C)CNCCOC.